The molecule has 1 aromatic rings. The first-order valence-corrected chi connectivity index (χ1v) is 5.95. The van der Waals surface area contributed by atoms with E-state index in [0.717, 1.165) is 37.3 Å². The molecule has 100 valence electrons. The fourth-order valence-corrected chi connectivity index (χ4v) is 1.94. The first kappa shape index (κ1) is 14.8. The summed E-state index contributed by atoms with van der Waals surface area (Å²) in [5.41, 5.74) is 7.30. The van der Waals surface area contributed by atoms with Gasteiger partial charge in [-0.3, -0.25) is 4.79 Å². The minimum atomic E-state index is 0. The molecule has 4 nitrogen and oxygen atoms in total. The number of rotatable bonds is 3. The molecule has 1 amide bonds. The van der Waals surface area contributed by atoms with Gasteiger partial charge >= 0.3 is 0 Å². The molecule has 0 unspecified atom stereocenters. The molecule has 1 aliphatic rings. The van der Waals surface area contributed by atoms with Gasteiger partial charge < -0.3 is 15.8 Å². The van der Waals surface area contributed by atoms with Crippen LogP contribution in [0.3, 0.4) is 0 Å². The van der Waals surface area contributed by atoms with E-state index in [9.17, 15) is 4.79 Å². The molecule has 0 saturated carbocycles. The first-order valence-electron chi connectivity index (χ1n) is 5.95. The van der Waals surface area contributed by atoms with Crippen molar-refractivity contribution in [3.8, 4) is 0 Å². The van der Waals surface area contributed by atoms with Gasteiger partial charge in [0.05, 0.1) is 6.42 Å². The number of carbonyl (C=O) groups is 1. The van der Waals surface area contributed by atoms with Gasteiger partial charge in [0.2, 0.25) is 5.91 Å². The van der Waals surface area contributed by atoms with Crippen molar-refractivity contribution in [2.45, 2.75) is 25.3 Å². The summed E-state index contributed by atoms with van der Waals surface area (Å²) in [4.78, 5) is 11.8. The van der Waals surface area contributed by atoms with Crippen molar-refractivity contribution in [2.75, 3.05) is 18.9 Å². The van der Waals surface area contributed by atoms with Crippen LogP contribution in [0.5, 0.6) is 0 Å². The lowest BCUT2D eigenvalue weighted by Gasteiger charge is -2.23. The van der Waals surface area contributed by atoms with E-state index in [4.69, 9.17) is 10.5 Å². The largest absolute Gasteiger partial charge is 0.399 e. The van der Waals surface area contributed by atoms with Crippen LogP contribution in [0.4, 0.5) is 5.69 Å². The number of anilines is 1. The van der Waals surface area contributed by atoms with Crippen molar-refractivity contribution < 1.29 is 9.53 Å². The number of amides is 1. The number of carbonyl (C=O) groups excluding carboxylic acids is 1. The Balaban J connectivity index is 0.00000162. The van der Waals surface area contributed by atoms with Crippen molar-refractivity contribution >= 4 is 24.0 Å². The molecule has 3 N–H and O–H groups in total. The van der Waals surface area contributed by atoms with E-state index in [0.29, 0.717) is 6.42 Å². The third-order valence-electron chi connectivity index (χ3n) is 2.93. The summed E-state index contributed by atoms with van der Waals surface area (Å²) < 4.78 is 5.25. The second-order valence-electron chi connectivity index (χ2n) is 4.37. The normalized spacial score (nSPS) is 15.8. The lowest BCUT2D eigenvalue weighted by molar-refractivity contribution is -0.121. The highest BCUT2D eigenvalue weighted by Gasteiger charge is 2.15. The predicted octanol–water partition coefficient (Wildman–Crippen LogP) is 1.53. The molecule has 5 heteroatoms. The molecule has 1 aliphatic heterocycles. The van der Waals surface area contributed by atoms with Crippen molar-refractivity contribution in [3.63, 3.8) is 0 Å². The number of hydrogen-bond donors (Lipinski definition) is 2. The summed E-state index contributed by atoms with van der Waals surface area (Å²) in [6.45, 7) is 1.49. The van der Waals surface area contributed by atoms with Gasteiger partial charge in [0, 0.05) is 24.9 Å². The van der Waals surface area contributed by atoms with Crippen LogP contribution < -0.4 is 11.1 Å². The summed E-state index contributed by atoms with van der Waals surface area (Å²) in [6.07, 6.45) is 2.23. The van der Waals surface area contributed by atoms with Crippen molar-refractivity contribution in [2.24, 2.45) is 0 Å². The fourth-order valence-electron chi connectivity index (χ4n) is 1.94. The van der Waals surface area contributed by atoms with Crippen LogP contribution >= 0.6 is 12.4 Å². The number of halogens is 1. The van der Waals surface area contributed by atoms with Gasteiger partial charge in [-0.1, -0.05) is 12.1 Å². The molecule has 0 aromatic heterocycles. The van der Waals surface area contributed by atoms with Crippen LogP contribution in [-0.2, 0) is 16.0 Å². The van der Waals surface area contributed by atoms with Crippen molar-refractivity contribution in [1.82, 2.24) is 5.32 Å². The van der Waals surface area contributed by atoms with Crippen LogP contribution in [0.2, 0.25) is 0 Å². The molecule has 18 heavy (non-hydrogen) atoms. The first-order chi connectivity index (χ1) is 8.24. The number of hydrogen-bond acceptors (Lipinski definition) is 3. The molecular weight excluding hydrogens is 252 g/mol. The maximum absolute atomic E-state index is 11.8. The Morgan fingerprint density at radius 2 is 1.89 bits per heavy atom. The zero-order valence-corrected chi connectivity index (χ0v) is 11.0. The second kappa shape index (κ2) is 7.24. The second-order valence-corrected chi connectivity index (χ2v) is 4.37. The van der Waals surface area contributed by atoms with Crippen molar-refractivity contribution in [3.05, 3.63) is 29.8 Å². The van der Waals surface area contributed by atoms with Crippen LogP contribution in [-0.4, -0.2) is 25.2 Å². The molecule has 0 aliphatic carbocycles. The quantitative estimate of drug-likeness (QED) is 0.819. The number of ether oxygens (including phenoxy) is 1. The van der Waals surface area contributed by atoms with Gasteiger partial charge in [-0.15, -0.1) is 12.4 Å². The average molecular weight is 271 g/mol. The Kier molecular flexibility index (Phi) is 5.95. The highest BCUT2D eigenvalue weighted by atomic mass is 35.5. The van der Waals surface area contributed by atoms with Gasteiger partial charge in [-0.05, 0) is 30.5 Å². The molecule has 1 saturated heterocycles. The van der Waals surface area contributed by atoms with Gasteiger partial charge in [-0.25, -0.2) is 0 Å². The maximum Gasteiger partial charge on any atom is 0.224 e. The van der Waals surface area contributed by atoms with E-state index in [-0.39, 0.29) is 24.4 Å². The fraction of sp³-hybridized carbons (Fsp3) is 0.462. The lowest BCUT2D eigenvalue weighted by atomic mass is 10.1. The zero-order valence-electron chi connectivity index (χ0n) is 10.2. The van der Waals surface area contributed by atoms with Crippen LogP contribution in [0.1, 0.15) is 18.4 Å². The Morgan fingerprint density at radius 3 is 2.50 bits per heavy atom. The van der Waals surface area contributed by atoms with Crippen molar-refractivity contribution in [1.29, 1.82) is 0 Å². The van der Waals surface area contributed by atoms with E-state index in [1.807, 2.05) is 24.3 Å². The smallest absolute Gasteiger partial charge is 0.224 e. The standard InChI is InChI=1S/C13H18N2O2.ClH/c14-11-3-1-10(2-4-11)9-13(16)15-12-5-7-17-8-6-12;/h1-4,12H,5-9,14H2,(H,15,16);1H. The Labute approximate surface area is 113 Å². The summed E-state index contributed by atoms with van der Waals surface area (Å²) in [7, 11) is 0. The summed E-state index contributed by atoms with van der Waals surface area (Å²) in [5.74, 6) is 0.0710. The summed E-state index contributed by atoms with van der Waals surface area (Å²) in [5, 5.41) is 3.03. The Hall–Kier alpha value is -1.26. The molecule has 1 aromatic carbocycles. The van der Waals surface area contributed by atoms with Gasteiger partial charge in [0.25, 0.3) is 0 Å². The van der Waals surface area contributed by atoms with E-state index < -0.39 is 0 Å². The maximum atomic E-state index is 11.8. The third kappa shape index (κ3) is 4.55. The van der Waals surface area contributed by atoms with Gasteiger partial charge in [-0.2, -0.15) is 0 Å². The highest BCUT2D eigenvalue weighted by molar-refractivity contribution is 5.85. The minimum Gasteiger partial charge on any atom is -0.399 e. The topological polar surface area (TPSA) is 64.4 Å². The zero-order chi connectivity index (χ0) is 12.1. The summed E-state index contributed by atoms with van der Waals surface area (Å²) >= 11 is 0. The minimum absolute atomic E-state index is 0. The number of benzene rings is 1. The molecule has 0 atom stereocenters. The van der Waals surface area contributed by atoms with Gasteiger partial charge in [0.1, 0.15) is 0 Å². The summed E-state index contributed by atoms with van der Waals surface area (Å²) in [6, 6.07) is 7.68. The number of nitrogens with two attached hydrogens (primary N) is 1. The molecule has 0 spiro atoms. The number of nitrogen functional groups attached to an aromatic ring is 1. The Bertz CT molecular complexity index is 375. The van der Waals surface area contributed by atoms with Crippen LogP contribution in [0.25, 0.3) is 0 Å². The highest BCUT2D eigenvalue weighted by Crippen LogP contribution is 2.08. The van der Waals surface area contributed by atoms with E-state index in [2.05, 4.69) is 5.32 Å². The van der Waals surface area contributed by atoms with E-state index in [1.54, 1.807) is 0 Å². The van der Waals surface area contributed by atoms with E-state index in [1.165, 1.54) is 0 Å². The molecule has 1 fully saturated rings. The predicted molar refractivity (Wildman–Crippen MR) is 73.8 cm³/mol. The van der Waals surface area contributed by atoms with E-state index >= 15 is 0 Å². The monoisotopic (exact) mass is 270 g/mol. The molecule has 0 bridgehead atoms. The molecular formula is C13H19ClN2O2. The van der Waals surface area contributed by atoms with Gasteiger partial charge in [0.15, 0.2) is 0 Å². The lowest BCUT2D eigenvalue weighted by Crippen LogP contribution is -2.39. The molecule has 1 heterocycles. The average Bonchev–Trinajstić information content (AvgIpc) is 2.33. The van der Waals surface area contributed by atoms with Crippen LogP contribution in [0, 0.1) is 0 Å². The van der Waals surface area contributed by atoms with Crippen LogP contribution in [0.15, 0.2) is 24.3 Å². The molecule has 0 radical (unpaired) electrons. The number of nitrogens with one attached hydrogen (secondary N) is 1. The Morgan fingerprint density at radius 1 is 1.28 bits per heavy atom. The third-order valence-corrected chi connectivity index (χ3v) is 2.93. The molecule has 2 rings (SSSR count). The SMILES string of the molecule is Cl.Nc1ccc(CC(=O)NC2CCOCC2)cc1.